The molecule has 0 spiro atoms. The van der Waals surface area contributed by atoms with E-state index in [0.29, 0.717) is 0 Å². The molecular formula is C23H46O3. The smallest absolute Gasteiger partial charge is 0.0466 e. The number of rotatable bonds is 0. The average molecular weight is 371 g/mol. The van der Waals surface area contributed by atoms with Gasteiger partial charge in [-0.25, -0.2) is 0 Å². The summed E-state index contributed by atoms with van der Waals surface area (Å²) in [6.07, 6.45) is 23.8. The standard InChI is InChI=1S/C8H16.C6H12O.C5H10O.C4H8O/c1-2-4-6-8-7-5-3-1;1-2-4-6-7-5-3-1;1-2-4-6-5-3-1;1-2-4-5-3-1/h1-8H2;1-6H2;1-5H2;1-4H2. The highest BCUT2D eigenvalue weighted by molar-refractivity contribution is 4.51. The van der Waals surface area contributed by atoms with Crippen LogP contribution in [0.1, 0.15) is 109 Å². The van der Waals surface area contributed by atoms with Gasteiger partial charge >= 0.3 is 0 Å². The van der Waals surface area contributed by atoms with Gasteiger partial charge in [-0.3, -0.25) is 0 Å². The fourth-order valence-electron chi connectivity index (χ4n) is 3.48. The molecule has 1 saturated carbocycles. The number of ether oxygens (including phenoxy) is 3. The maximum Gasteiger partial charge on any atom is 0.0466 e. The lowest BCUT2D eigenvalue weighted by molar-refractivity contribution is 0.0968. The second-order valence-corrected chi connectivity index (χ2v) is 7.85. The van der Waals surface area contributed by atoms with Crippen LogP contribution in [0, 0.1) is 0 Å². The molecule has 26 heavy (non-hydrogen) atoms. The molecule has 0 atom stereocenters. The van der Waals surface area contributed by atoms with Crippen LogP contribution in [0.2, 0.25) is 0 Å². The van der Waals surface area contributed by atoms with E-state index in [-0.39, 0.29) is 0 Å². The largest absolute Gasteiger partial charge is 0.381 e. The highest BCUT2D eigenvalue weighted by Gasteiger charge is 1.97. The van der Waals surface area contributed by atoms with Crippen molar-refractivity contribution in [2.45, 2.75) is 109 Å². The van der Waals surface area contributed by atoms with E-state index in [4.69, 9.17) is 14.2 Å². The molecule has 0 aromatic carbocycles. The van der Waals surface area contributed by atoms with Crippen LogP contribution in [0.3, 0.4) is 0 Å². The zero-order valence-corrected chi connectivity index (χ0v) is 17.5. The number of hydrogen-bond acceptors (Lipinski definition) is 3. The van der Waals surface area contributed by atoms with E-state index in [1.54, 1.807) is 0 Å². The van der Waals surface area contributed by atoms with Gasteiger partial charge in [0.05, 0.1) is 0 Å². The lowest BCUT2D eigenvalue weighted by atomic mass is 10.0. The summed E-state index contributed by atoms with van der Waals surface area (Å²) in [6.45, 7) is 6.00. The fourth-order valence-corrected chi connectivity index (χ4v) is 3.48. The fraction of sp³-hybridized carbons (Fsp3) is 1.00. The molecule has 0 amide bonds. The van der Waals surface area contributed by atoms with Crippen molar-refractivity contribution in [3.05, 3.63) is 0 Å². The maximum atomic E-state index is 5.19. The van der Waals surface area contributed by atoms with Crippen LogP contribution in [-0.4, -0.2) is 39.6 Å². The highest BCUT2D eigenvalue weighted by Crippen LogP contribution is 2.15. The lowest BCUT2D eigenvalue weighted by Gasteiger charge is -2.08. The Labute approximate surface area is 163 Å². The molecule has 4 aliphatic rings. The Balaban J connectivity index is 0.000000176. The first-order valence-corrected chi connectivity index (χ1v) is 11.7. The molecule has 156 valence electrons. The van der Waals surface area contributed by atoms with Gasteiger partial charge in [0.25, 0.3) is 0 Å². The van der Waals surface area contributed by atoms with Gasteiger partial charge in [0.15, 0.2) is 0 Å². The molecule has 3 aliphatic heterocycles. The normalized spacial score (nSPS) is 24.0. The van der Waals surface area contributed by atoms with Gasteiger partial charge in [-0.05, 0) is 44.9 Å². The lowest BCUT2D eigenvalue weighted by Crippen LogP contribution is -2.03. The topological polar surface area (TPSA) is 27.7 Å². The summed E-state index contributed by atoms with van der Waals surface area (Å²) >= 11 is 0. The summed E-state index contributed by atoms with van der Waals surface area (Å²) in [7, 11) is 0. The van der Waals surface area contributed by atoms with Gasteiger partial charge in [0.2, 0.25) is 0 Å². The Morgan fingerprint density at radius 2 is 0.346 bits per heavy atom. The molecule has 0 bridgehead atoms. The van der Waals surface area contributed by atoms with Crippen molar-refractivity contribution >= 4 is 0 Å². The summed E-state index contributed by atoms with van der Waals surface area (Å²) in [5.41, 5.74) is 0. The van der Waals surface area contributed by atoms with Crippen LogP contribution in [0.15, 0.2) is 0 Å². The molecule has 0 N–H and O–H groups in total. The summed E-state index contributed by atoms with van der Waals surface area (Å²) in [5.74, 6) is 0. The van der Waals surface area contributed by atoms with Gasteiger partial charge in [-0.15, -0.1) is 0 Å². The third-order valence-corrected chi connectivity index (χ3v) is 5.23. The van der Waals surface area contributed by atoms with Crippen LogP contribution >= 0.6 is 0 Å². The minimum absolute atomic E-state index is 1.00. The van der Waals surface area contributed by atoms with E-state index in [1.165, 1.54) is 109 Å². The summed E-state index contributed by atoms with van der Waals surface area (Å²) in [6, 6.07) is 0. The molecule has 4 fully saturated rings. The Morgan fingerprint density at radius 3 is 0.538 bits per heavy atom. The molecular weight excluding hydrogens is 324 g/mol. The summed E-state index contributed by atoms with van der Waals surface area (Å²) in [5, 5.41) is 0. The van der Waals surface area contributed by atoms with E-state index in [0.717, 1.165) is 39.6 Å². The Bertz CT molecular complexity index is 187. The van der Waals surface area contributed by atoms with Crippen molar-refractivity contribution in [2.75, 3.05) is 39.6 Å². The van der Waals surface area contributed by atoms with Gasteiger partial charge in [0.1, 0.15) is 0 Å². The first-order chi connectivity index (χ1) is 13.0. The van der Waals surface area contributed by atoms with Gasteiger partial charge < -0.3 is 14.2 Å². The Morgan fingerprint density at radius 1 is 0.192 bits per heavy atom. The minimum atomic E-state index is 1.00. The zero-order valence-electron chi connectivity index (χ0n) is 17.5. The molecule has 3 heterocycles. The molecule has 3 heteroatoms. The van der Waals surface area contributed by atoms with E-state index in [9.17, 15) is 0 Å². The molecule has 3 saturated heterocycles. The Hall–Kier alpha value is -0.120. The SMILES string of the molecule is C1CCCCCCC1.C1CCCOCC1.C1CCOC1.C1CCOCC1. The first kappa shape index (κ1) is 23.9. The van der Waals surface area contributed by atoms with Crippen LogP contribution < -0.4 is 0 Å². The third kappa shape index (κ3) is 18.7. The van der Waals surface area contributed by atoms with Gasteiger partial charge in [0, 0.05) is 39.6 Å². The predicted octanol–water partition coefficient (Wildman–Crippen LogP) is 6.68. The minimum Gasteiger partial charge on any atom is -0.381 e. The monoisotopic (exact) mass is 370 g/mol. The van der Waals surface area contributed by atoms with Crippen molar-refractivity contribution in [3.63, 3.8) is 0 Å². The first-order valence-electron chi connectivity index (χ1n) is 11.7. The van der Waals surface area contributed by atoms with Crippen LogP contribution in [0.25, 0.3) is 0 Å². The second kappa shape index (κ2) is 21.2. The third-order valence-electron chi connectivity index (χ3n) is 5.23. The van der Waals surface area contributed by atoms with E-state index in [1.807, 2.05) is 0 Å². The van der Waals surface area contributed by atoms with Crippen LogP contribution in [0.5, 0.6) is 0 Å². The zero-order chi connectivity index (χ0) is 18.4. The number of hydrogen-bond donors (Lipinski definition) is 0. The molecule has 0 unspecified atom stereocenters. The predicted molar refractivity (Wildman–Crippen MR) is 111 cm³/mol. The van der Waals surface area contributed by atoms with Crippen molar-refractivity contribution in [3.8, 4) is 0 Å². The van der Waals surface area contributed by atoms with Crippen LogP contribution in [0.4, 0.5) is 0 Å². The van der Waals surface area contributed by atoms with E-state index >= 15 is 0 Å². The molecule has 4 rings (SSSR count). The molecule has 0 aromatic rings. The van der Waals surface area contributed by atoms with Gasteiger partial charge in [-0.1, -0.05) is 64.2 Å². The molecule has 0 aromatic heterocycles. The van der Waals surface area contributed by atoms with Crippen molar-refractivity contribution in [1.29, 1.82) is 0 Å². The molecule has 0 radical (unpaired) electrons. The highest BCUT2D eigenvalue weighted by atomic mass is 16.5. The summed E-state index contributed by atoms with van der Waals surface area (Å²) in [4.78, 5) is 0. The average Bonchev–Trinajstić information content (AvgIpc) is 3.12. The quantitative estimate of drug-likeness (QED) is 0.476. The second-order valence-electron chi connectivity index (χ2n) is 7.85. The van der Waals surface area contributed by atoms with Crippen molar-refractivity contribution < 1.29 is 14.2 Å². The van der Waals surface area contributed by atoms with Crippen LogP contribution in [-0.2, 0) is 14.2 Å². The van der Waals surface area contributed by atoms with Crippen molar-refractivity contribution in [1.82, 2.24) is 0 Å². The van der Waals surface area contributed by atoms with Crippen molar-refractivity contribution in [2.24, 2.45) is 0 Å². The van der Waals surface area contributed by atoms with E-state index in [2.05, 4.69) is 0 Å². The van der Waals surface area contributed by atoms with Gasteiger partial charge in [-0.2, -0.15) is 0 Å². The molecule has 3 nitrogen and oxygen atoms in total. The molecule has 1 aliphatic carbocycles. The Kier molecular flexibility index (Phi) is 19.5. The maximum absolute atomic E-state index is 5.19. The van der Waals surface area contributed by atoms with E-state index < -0.39 is 0 Å². The summed E-state index contributed by atoms with van der Waals surface area (Å²) < 4.78 is 15.2.